The Morgan fingerprint density at radius 2 is 1.71 bits per heavy atom. The Bertz CT molecular complexity index is 1320. The van der Waals surface area contributed by atoms with Crippen LogP contribution in [-0.2, 0) is 9.59 Å². The average molecular weight is 510 g/mol. The van der Waals surface area contributed by atoms with Gasteiger partial charge in [-0.3, -0.25) is 9.59 Å². The zero-order chi connectivity index (χ0) is 25.5. The standard InChI is InChI=1S/C26H21Cl2N3O4/c1-15-4-3-5-23(16(15)2)31-24(33)14-35-25-21(27)11-17(12-22(25)28)10-18(13-29)26(34)30-19-6-8-20(32)9-7-19/h3-12,32H,14H2,1-2H3,(H,30,34)(H,31,33)/b18-10+. The highest BCUT2D eigenvalue weighted by atomic mass is 35.5. The molecule has 3 rings (SSSR count). The minimum atomic E-state index is -0.645. The van der Waals surface area contributed by atoms with Crippen molar-refractivity contribution in [2.24, 2.45) is 0 Å². The first-order chi connectivity index (χ1) is 16.7. The lowest BCUT2D eigenvalue weighted by Gasteiger charge is -2.13. The molecule has 0 aliphatic heterocycles. The molecule has 178 valence electrons. The van der Waals surface area contributed by atoms with Gasteiger partial charge in [-0.2, -0.15) is 5.26 Å². The SMILES string of the molecule is Cc1cccc(NC(=O)COc2c(Cl)cc(/C=C(\C#N)C(=O)Nc3ccc(O)cc3)cc2Cl)c1C. The number of aromatic hydroxyl groups is 1. The van der Waals surface area contributed by atoms with Crippen molar-refractivity contribution in [3.8, 4) is 17.6 Å². The summed E-state index contributed by atoms with van der Waals surface area (Å²) in [6.07, 6.45) is 1.32. The van der Waals surface area contributed by atoms with E-state index in [0.29, 0.717) is 16.9 Å². The first-order valence-electron chi connectivity index (χ1n) is 10.4. The van der Waals surface area contributed by atoms with Gasteiger partial charge in [0, 0.05) is 11.4 Å². The fourth-order valence-electron chi connectivity index (χ4n) is 3.07. The van der Waals surface area contributed by atoms with Gasteiger partial charge in [0.25, 0.3) is 11.8 Å². The van der Waals surface area contributed by atoms with Crippen molar-refractivity contribution in [1.82, 2.24) is 0 Å². The molecule has 0 fully saturated rings. The maximum atomic E-state index is 12.4. The lowest BCUT2D eigenvalue weighted by molar-refractivity contribution is -0.118. The number of nitrogens with one attached hydrogen (secondary N) is 2. The molecule has 7 nitrogen and oxygen atoms in total. The normalized spacial score (nSPS) is 10.9. The molecule has 3 aromatic carbocycles. The van der Waals surface area contributed by atoms with Crippen LogP contribution in [0.25, 0.3) is 6.08 Å². The van der Waals surface area contributed by atoms with Gasteiger partial charge in [0.15, 0.2) is 12.4 Å². The van der Waals surface area contributed by atoms with Crippen LogP contribution >= 0.6 is 23.2 Å². The number of carbonyl (C=O) groups is 2. The maximum absolute atomic E-state index is 12.4. The molecular weight excluding hydrogens is 489 g/mol. The summed E-state index contributed by atoms with van der Waals surface area (Å²) in [5, 5.41) is 24.3. The topological polar surface area (TPSA) is 111 Å². The van der Waals surface area contributed by atoms with Crippen molar-refractivity contribution in [3.05, 3.63) is 86.9 Å². The van der Waals surface area contributed by atoms with E-state index in [0.717, 1.165) is 11.1 Å². The minimum Gasteiger partial charge on any atom is -0.508 e. The summed E-state index contributed by atoms with van der Waals surface area (Å²) in [6, 6.07) is 16.2. The second-order valence-electron chi connectivity index (χ2n) is 7.57. The number of hydrogen-bond acceptors (Lipinski definition) is 5. The van der Waals surface area contributed by atoms with E-state index in [9.17, 15) is 20.0 Å². The van der Waals surface area contributed by atoms with Gasteiger partial charge >= 0.3 is 0 Å². The third-order valence-corrected chi connectivity index (χ3v) is 5.61. The Morgan fingerprint density at radius 1 is 1.06 bits per heavy atom. The average Bonchev–Trinajstić information content (AvgIpc) is 2.81. The number of nitrogens with zero attached hydrogens (tertiary/aromatic N) is 1. The number of ether oxygens (including phenoxy) is 1. The number of carbonyl (C=O) groups excluding carboxylic acids is 2. The summed E-state index contributed by atoms with van der Waals surface area (Å²) in [6.45, 7) is 3.54. The molecule has 0 radical (unpaired) electrons. The van der Waals surface area contributed by atoms with Crippen molar-refractivity contribution in [3.63, 3.8) is 0 Å². The van der Waals surface area contributed by atoms with E-state index in [-0.39, 0.29) is 39.6 Å². The van der Waals surface area contributed by atoms with Gasteiger partial charge in [-0.1, -0.05) is 35.3 Å². The monoisotopic (exact) mass is 509 g/mol. The molecule has 3 N–H and O–H groups in total. The van der Waals surface area contributed by atoms with Gasteiger partial charge in [0.05, 0.1) is 10.0 Å². The number of anilines is 2. The number of nitriles is 1. The summed E-state index contributed by atoms with van der Waals surface area (Å²) in [5.74, 6) is -0.872. The second-order valence-corrected chi connectivity index (χ2v) is 8.38. The van der Waals surface area contributed by atoms with Crippen molar-refractivity contribution >= 4 is 52.5 Å². The molecule has 0 aliphatic carbocycles. The molecule has 0 bridgehead atoms. The van der Waals surface area contributed by atoms with Gasteiger partial charge in [0.2, 0.25) is 0 Å². The van der Waals surface area contributed by atoms with Crippen molar-refractivity contribution in [2.75, 3.05) is 17.2 Å². The van der Waals surface area contributed by atoms with Crippen LogP contribution in [0, 0.1) is 25.2 Å². The lowest BCUT2D eigenvalue weighted by atomic mass is 10.1. The number of hydrogen-bond donors (Lipinski definition) is 3. The summed E-state index contributed by atoms with van der Waals surface area (Å²) in [5.41, 5.74) is 3.30. The fourth-order valence-corrected chi connectivity index (χ4v) is 3.68. The predicted octanol–water partition coefficient (Wildman–Crippen LogP) is 5.88. The van der Waals surface area contributed by atoms with E-state index in [1.165, 1.54) is 42.5 Å². The molecule has 2 amide bonds. The summed E-state index contributed by atoms with van der Waals surface area (Å²) < 4.78 is 5.53. The molecule has 0 unspecified atom stereocenters. The third kappa shape index (κ3) is 6.76. The molecule has 9 heteroatoms. The highest BCUT2D eigenvalue weighted by Gasteiger charge is 2.15. The van der Waals surface area contributed by atoms with Crippen LogP contribution in [0.2, 0.25) is 10.0 Å². The van der Waals surface area contributed by atoms with E-state index < -0.39 is 5.91 Å². The third-order valence-electron chi connectivity index (χ3n) is 5.05. The first-order valence-corrected chi connectivity index (χ1v) is 11.1. The predicted molar refractivity (Wildman–Crippen MR) is 137 cm³/mol. The van der Waals surface area contributed by atoms with Crippen molar-refractivity contribution < 1.29 is 19.4 Å². The van der Waals surface area contributed by atoms with Gasteiger partial charge in [0.1, 0.15) is 17.4 Å². The van der Waals surface area contributed by atoms with Gasteiger partial charge in [-0.15, -0.1) is 0 Å². The van der Waals surface area contributed by atoms with Crippen LogP contribution in [0.3, 0.4) is 0 Å². The number of benzene rings is 3. The number of phenolic OH excluding ortho intramolecular Hbond substituents is 1. The number of halogens is 2. The van der Waals surface area contributed by atoms with E-state index in [1.54, 1.807) is 6.07 Å². The maximum Gasteiger partial charge on any atom is 0.266 e. The molecule has 0 aliphatic rings. The van der Waals surface area contributed by atoms with E-state index >= 15 is 0 Å². The Kier molecular flexibility index (Phi) is 8.37. The molecular formula is C26H21Cl2N3O4. The van der Waals surface area contributed by atoms with Gasteiger partial charge in [-0.05, 0) is 79.1 Å². The fraction of sp³-hybridized carbons (Fsp3) is 0.115. The largest absolute Gasteiger partial charge is 0.508 e. The number of rotatable bonds is 7. The molecule has 35 heavy (non-hydrogen) atoms. The van der Waals surface area contributed by atoms with Crippen LogP contribution in [0.15, 0.2) is 60.2 Å². The van der Waals surface area contributed by atoms with Crippen molar-refractivity contribution in [1.29, 1.82) is 5.26 Å². The van der Waals surface area contributed by atoms with Crippen LogP contribution < -0.4 is 15.4 Å². The summed E-state index contributed by atoms with van der Waals surface area (Å²) in [7, 11) is 0. The Morgan fingerprint density at radius 3 is 2.34 bits per heavy atom. The van der Waals surface area contributed by atoms with Gasteiger partial charge in [-0.25, -0.2) is 0 Å². The minimum absolute atomic E-state index is 0.0494. The van der Waals surface area contributed by atoms with Gasteiger partial charge < -0.3 is 20.5 Å². The molecule has 0 aromatic heterocycles. The molecule has 0 saturated heterocycles. The quantitative estimate of drug-likeness (QED) is 0.209. The zero-order valence-corrected chi connectivity index (χ0v) is 20.4. The molecule has 0 spiro atoms. The molecule has 3 aromatic rings. The van der Waals surface area contributed by atoms with Crippen LogP contribution in [0.5, 0.6) is 11.5 Å². The number of amides is 2. The van der Waals surface area contributed by atoms with Crippen LogP contribution in [-0.4, -0.2) is 23.5 Å². The number of phenols is 1. The highest BCUT2D eigenvalue weighted by molar-refractivity contribution is 6.37. The second kappa shape index (κ2) is 11.4. The van der Waals surface area contributed by atoms with E-state index in [1.807, 2.05) is 32.0 Å². The number of aryl methyl sites for hydroxylation is 1. The summed E-state index contributed by atoms with van der Waals surface area (Å²) in [4.78, 5) is 24.8. The molecule has 0 atom stereocenters. The first kappa shape index (κ1) is 25.6. The zero-order valence-electron chi connectivity index (χ0n) is 18.9. The Balaban J connectivity index is 1.70. The highest BCUT2D eigenvalue weighted by Crippen LogP contribution is 2.35. The smallest absolute Gasteiger partial charge is 0.266 e. The van der Waals surface area contributed by atoms with E-state index in [2.05, 4.69) is 10.6 Å². The summed E-state index contributed by atoms with van der Waals surface area (Å²) >= 11 is 12.6. The Labute approximate surface area is 212 Å². The van der Waals surface area contributed by atoms with E-state index in [4.69, 9.17) is 27.9 Å². The van der Waals surface area contributed by atoms with Crippen LogP contribution in [0.4, 0.5) is 11.4 Å². The molecule has 0 saturated carbocycles. The van der Waals surface area contributed by atoms with Crippen molar-refractivity contribution in [2.45, 2.75) is 13.8 Å². The Hall–Kier alpha value is -3.99. The molecule has 0 heterocycles. The lowest BCUT2D eigenvalue weighted by Crippen LogP contribution is -2.21. The van der Waals surface area contributed by atoms with Crippen LogP contribution in [0.1, 0.15) is 16.7 Å².